The van der Waals surface area contributed by atoms with Crippen molar-refractivity contribution < 1.29 is 4.79 Å². The van der Waals surface area contributed by atoms with Gasteiger partial charge in [-0.15, -0.1) is 0 Å². The molecule has 5 rings (SSSR count). The van der Waals surface area contributed by atoms with Crippen molar-refractivity contribution in [1.29, 1.82) is 0 Å². The van der Waals surface area contributed by atoms with Gasteiger partial charge in [-0.2, -0.15) is 5.10 Å². The van der Waals surface area contributed by atoms with Crippen LogP contribution in [0.1, 0.15) is 48.6 Å². The fourth-order valence-electron chi connectivity index (χ4n) is 5.41. The highest BCUT2D eigenvalue weighted by molar-refractivity contribution is 5.84. The third-order valence-electron chi connectivity index (χ3n) is 7.35. The molecule has 4 aromatic rings. The minimum absolute atomic E-state index is 0.114. The van der Waals surface area contributed by atoms with Crippen molar-refractivity contribution in [3.05, 3.63) is 102 Å². The molecule has 0 bridgehead atoms. The van der Waals surface area contributed by atoms with Crippen molar-refractivity contribution in [3.63, 3.8) is 0 Å². The molecule has 1 N–H and O–H groups in total. The number of aromatic nitrogens is 4. The molecule has 6 heteroatoms. The van der Waals surface area contributed by atoms with Crippen molar-refractivity contribution >= 4 is 5.91 Å². The normalized spacial score (nSPS) is 18.5. The number of aryl methyl sites for hydroxylation is 1. The van der Waals surface area contributed by atoms with E-state index in [0.29, 0.717) is 18.4 Å². The first kappa shape index (κ1) is 23.9. The van der Waals surface area contributed by atoms with E-state index in [1.54, 1.807) is 0 Å². The van der Waals surface area contributed by atoms with Gasteiger partial charge < -0.3 is 5.32 Å². The standard InChI is InChI=1S/C30H33N5O/c1-35-21-27(20-34-35)24-12-14-26(15-13-24)29(30(36)33-19-23-6-3-2-4-7-23)25-10-8-22(9-11-25)18-28-31-16-5-17-32-28/h2-7,12-17,20-22,25,29H,8-11,18-19H2,1H3,(H,33,36). The van der Waals surface area contributed by atoms with Crippen LogP contribution in [0.15, 0.2) is 85.5 Å². The molecule has 2 aromatic heterocycles. The summed E-state index contributed by atoms with van der Waals surface area (Å²) in [7, 11) is 1.92. The molecule has 1 fully saturated rings. The maximum absolute atomic E-state index is 13.6. The van der Waals surface area contributed by atoms with Crippen molar-refractivity contribution in [1.82, 2.24) is 25.1 Å². The summed E-state index contributed by atoms with van der Waals surface area (Å²) in [5, 5.41) is 7.51. The van der Waals surface area contributed by atoms with E-state index in [1.165, 1.54) is 0 Å². The summed E-state index contributed by atoms with van der Waals surface area (Å²) in [5.41, 5.74) is 4.39. The molecule has 0 radical (unpaired) electrons. The molecule has 1 amide bonds. The summed E-state index contributed by atoms with van der Waals surface area (Å²) in [6.45, 7) is 0.546. The molecule has 1 aliphatic rings. The summed E-state index contributed by atoms with van der Waals surface area (Å²) in [6.07, 6.45) is 12.7. The predicted molar refractivity (Wildman–Crippen MR) is 141 cm³/mol. The van der Waals surface area contributed by atoms with E-state index < -0.39 is 0 Å². The fourth-order valence-corrected chi connectivity index (χ4v) is 5.41. The molecule has 0 saturated heterocycles. The van der Waals surface area contributed by atoms with Gasteiger partial charge in [0.15, 0.2) is 0 Å². The summed E-state index contributed by atoms with van der Waals surface area (Å²) in [5.74, 6) is 1.76. The van der Waals surface area contributed by atoms with Crippen LogP contribution >= 0.6 is 0 Å². The molecular weight excluding hydrogens is 446 g/mol. The highest BCUT2D eigenvalue weighted by atomic mass is 16.1. The number of nitrogens with zero attached hydrogens (tertiary/aromatic N) is 4. The minimum atomic E-state index is -0.161. The maximum Gasteiger partial charge on any atom is 0.228 e. The quantitative estimate of drug-likeness (QED) is 0.371. The van der Waals surface area contributed by atoms with Crippen molar-refractivity contribution in [3.8, 4) is 11.1 Å². The van der Waals surface area contributed by atoms with Gasteiger partial charge in [0.05, 0.1) is 12.1 Å². The third kappa shape index (κ3) is 5.88. The van der Waals surface area contributed by atoms with Crippen LogP contribution in [0.25, 0.3) is 11.1 Å². The summed E-state index contributed by atoms with van der Waals surface area (Å²) in [4.78, 5) is 22.4. The molecule has 2 heterocycles. The maximum atomic E-state index is 13.6. The van der Waals surface area contributed by atoms with Gasteiger partial charge >= 0.3 is 0 Å². The lowest BCUT2D eigenvalue weighted by Crippen LogP contribution is -2.35. The number of nitrogens with one attached hydrogen (secondary N) is 1. The SMILES string of the molecule is Cn1cc(-c2ccc(C(C(=O)NCc3ccccc3)C3CCC(Cc4ncccn4)CC3)cc2)cn1. The van der Waals surface area contributed by atoms with E-state index >= 15 is 0 Å². The summed E-state index contributed by atoms with van der Waals surface area (Å²) in [6, 6.07) is 20.4. The lowest BCUT2D eigenvalue weighted by Gasteiger charge is -2.33. The molecule has 184 valence electrons. The summed E-state index contributed by atoms with van der Waals surface area (Å²) >= 11 is 0. The van der Waals surface area contributed by atoms with Gasteiger partial charge in [0, 0.05) is 44.2 Å². The zero-order valence-electron chi connectivity index (χ0n) is 20.8. The fraction of sp³-hybridized carbons (Fsp3) is 0.333. The van der Waals surface area contributed by atoms with Crippen molar-refractivity contribution in [2.45, 2.75) is 44.6 Å². The molecule has 1 atom stereocenters. The molecule has 1 saturated carbocycles. The van der Waals surface area contributed by atoms with Crippen molar-refractivity contribution in [2.24, 2.45) is 18.9 Å². The molecule has 2 aromatic carbocycles. The van der Waals surface area contributed by atoms with E-state index in [1.807, 2.05) is 60.8 Å². The van der Waals surface area contributed by atoms with E-state index in [4.69, 9.17) is 0 Å². The average Bonchev–Trinajstić information content (AvgIpc) is 3.36. The Kier molecular flexibility index (Phi) is 7.50. The van der Waals surface area contributed by atoms with Crippen LogP contribution in [-0.2, 0) is 24.8 Å². The van der Waals surface area contributed by atoms with Gasteiger partial charge in [-0.05, 0) is 60.3 Å². The second-order valence-electron chi connectivity index (χ2n) is 9.86. The third-order valence-corrected chi connectivity index (χ3v) is 7.35. The Morgan fingerprint density at radius 1 is 0.944 bits per heavy atom. The monoisotopic (exact) mass is 479 g/mol. The number of benzene rings is 2. The molecular formula is C30H33N5O. The van der Waals surface area contributed by atoms with Crippen LogP contribution in [-0.4, -0.2) is 25.7 Å². The lowest BCUT2D eigenvalue weighted by molar-refractivity contribution is -0.124. The first-order chi connectivity index (χ1) is 17.7. The zero-order chi connectivity index (χ0) is 24.7. The van der Waals surface area contributed by atoms with Crippen LogP contribution in [0.3, 0.4) is 0 Å². The first-order valence-corrected chi connectivity index (χ1v) is 12.8. The Morgan fingerprint density at radius 2 is 1.67 bits per heavy atom. The average molecular weight is 480 g/mol. The predicted octanol–water partition coefficient (Wildman–Crippen LogP) is 5.33. The van der Waals surface area contributed by atoms with Gasteiger partial charge in [0.25, 0.3) is 0 Å². The molecule has 1 aliphatic carbocycles. The topological polar surface area (TPSA) is 72.7 Å². The number of carbonyl (C=O) groups is 1. The highest BCUT2D eigenvalue weighted by Crippen LogP contribution is 2.40. The van der Waals surface area contributed by atoms with Crippen LogP contribution in [0, 0.1) is 11.8 Å². The minimum Gasteiger partial charge on any atom is -0.351 e. The molecule has 0 spiro atoms. The van der Waals surface area contributed by atoms with Gasteiger partial charge in [0.2, 0.25) is 5.91 Å². The number of hydrogen-bond donors (Lipinski definition) is 1. The second kappa shape index (κ2) is 11.3. The molecule has 36 heavy (non-hydrogen) atoms. The van der Waals surface area contributed by atoms with Gasteiger partial charge in [-0.3, -0.25) is 9.48 Å². The van der Waals surface area contributed by atoms with Gasteiger partial charge in [-0.25, -0.2) is 9.97 Å². The van der Waals surface area contributed by atoms with E-state index in [0.717, 1.165) is 60.2 Å². The van der Waals surface area contributed by atoms with Gasteiger partial charge in [0.1, 0.15) is 5.82 Å². The Balaban J connectivity index is 1.31. The molecule has 0 aliphatic heterocycles. The largest absolute Gasteiger partial charge is 0.351 e. The number of carbonyl (C=O) groups excluding carboxylic acids is 1. The van der Waals surface area contributed by atoms with E-state index in [-0.39, 0.29) is 11.8 Å². The second-order valence-corrected chi connectivity index (χ2v) is 9.86. The number of rotatable bonds is 8. The number of amides is 1. The molecule has 6 nitrogen and oxygen atoms in total. The molecule has 1 unspecified atom stereocenters. The zero-order valence-corrected chi connectivity index (χ0v) is 20.8. The van der Waals surface area contributed by atoms with Gasteiger partial charge in [-0.1, -0.05) is 54.6 Å². The van der Waals surface area contributed by atoms with Crippen LogP contribution < -0.4 is 5.32 Å². The Labute approximate surface area is 212 Å². The summed E-state index contributed by atoms with van der Waals surface area (Å²) < 4.78 is 1.81. The van der Waals surface area contributed by atoms with E-state index in [2.05, 4.69) is 56.8 Å². The Hall–Kier alpha value is -3.80. The lowest BCUT2D eigenvalue weighted by atomic mass is 9.72. The van der Waals surface area contributed by atoms with Crippen LogP contribution in [0.4, 0.5) is 0 Å². The van der Waals surface area contributed by atoms with E-state index in [9.17, 15) is 4.79 Å². The van der Waals surface area contributed by atoms with Crippen LogP contribution in [0.2, 0.25) is 0 Å². The first-order valence-electron chi connectivity index (χ1n) is 12.8. The Morgan fingerprint density at radius 3 is 2.33 bits per heavy atom. The highest BCUT2D eigenvalue weighted by Gasteiger charge is 2.33. The Bertz CT molecular complexity index is 1250. The van der Waals surface area contributed by atoms with Crippen LogP contribution in [0.5, 0.6) is 0 Å². The van der Waals surface area contributed by atoms with Crippen molar-refractivity contribution in [2.75, 3.05) is 0 Å². The number of hydrogen-bond acceptors (Lipinski definition) is 4. The smallest absolute Gasteiger partial charge is 0.228 e.